The average Bonchev–Trinajstić information content (AvgIpc) is 2.61. The normalized spacial score (nSPS) is 9.96. The lowest BCUT2D eigenvalue weighted by atomic mass is 10.1. The molecule has 0 aromatic heterocycles. The first-order chi connectivity index (χ1) is 12.3. The first kappa shape index (κ1) is 18.7. The van der Waals surface area contributed by atoms with E-state index in [-0.39, 0.29) is 23.0 Å². The standard InChI is InChI=1S/C17H17N3O6/c1-10(21)18-11-4-6-12(7-5-11)19-17(22)13-8-15(25-2)16(26-3)9-14(13)20(23)24/h4-9H,1-3H3,(H,18,21)(H,19,22). The van der Waals surface area contributed by atoms with E-state index in [9.17, 15) is 19.7 Å². The maximum absolute atomic E-state index is 12.5. The molecule has 0 bridgehead atoms. The molecule has 0 atom stereocenters. The van der Waals surface area contributed by atoms with Gasteiger partial charge in [0.2, 0.25) is 5.91 Å². The molecule has 2 rings (SSSR count). The predicted octanol–water partition coefficient (Wildman–Crippen LogP) is 2.82. The van der Waals surface area contributed by atoms with Crippen LogP contribution in [-0.2, 0) is 4.79 Å². The maximum Gasteiger partial charge on any atom is 0.286 e. The molecule has 0 saturated carbocycles. The van der Waals surface area contributed by atoms with Crippen LogP contribution in [0.25, 0.3) is 0 Å². The van der Waals surface area contributed by atoms with E-state index in [0.29, 0.717) is 11.4 Å². The third-order valence-electron chi connectivity index (χ3n) is 3.41. The van der Waals surface area contributed by atoms with Gasteiger partial charge in [-0.1, -0.05) is 0 Å². The summed E-state index contributed by atoms with van der Waals surface area (Å²) in [5.41, 5.74) is 0.398. The highest BCUT2D eigenvalue weighted by Crippen LogP contribution is 2.34. The molecule has 9 nitrogen and oxygen atoms in total. The van der Waals surface area contributed by atoms with Crippen molar-refractivity contribution in [2.24, 2.45) is 0 Å². The van der Waals surface area contributed by atoms with Gasteiger partial charge in [0.05, 0.1) is 25.2 Å². The fourth-order valence-corrected chi connectivity index (χ4v) is 2.24. The Morgan fingerprint density at radius 3 is 1.92 bits per heavy atom. The number of carbonyl (C=O) groups excluding carboxylic acids is 2. The Bertz CT molecular complexity index is 848. The summed E-state index contributed by atoms with van der Waals surface area (Å²) in [6, 6.07) is 8.71. The Morgan fingerprint density at radius 1 is 0.962 bits per heavy atom. The second kappa shape index (κ2) is 7.97. The zero-order valence-corrected chi connectivity index (χ0v) is 14.4. The fourth-order valence-electron chi connectivity index (χ4n) is 2.24. The molecule has 2 N–H and O–H groups in total. The SMILES string of the molecule is COc1cc(C(=O)Nc2ccc(NC(C)=O)cc2)c([N+](=O)[O-])cc1OC. The third kappa shape index (κ3) is 4.26. The summed E-state index contributed by atoms with van der Waals surface area (Å²) in [4.78, 5) is 34.1. The highest BCUT2D eigenvalue weighted by molar-refractivity contribution is 6.07. The summed E-state index contributed by atoms with van der Waals surface area (Å²) in [5, 5.41) is 16.5. The van der Waals surface area contributed by atoms with E-state index in [4.69, 9.17) is 9.47 Å². The topological polar surface area (TPSA) is 120 Å². The number of carbonyl (C=O) groups is 2. The van der Waals surface area contributed by atoms with E-state index < -0.39 is 16.5 Å². The van der Waals surface area contributed by atoms with Crippen molar-refractivity contribution in [2.45, 2.75) is 6.92 Å². The lowest BCUT2D eigenvalue weighted by molar-refractivity contribution is -0.385. The van der Waals surface area contributed by atoms with E-state index in [2.05, 4.69) is 10.6 Å². The lowest BCUT2D eigenvalue weighted by Crippen LogP contribution is -2.14. The van der Waals surface area contributed by atoms with Crippen LogP contribution >= 0.6 is 0 Å². The van der Waals surface area contributed by atoms with Crippen LogP contribution in [0.2, 0.25) is 0 Å². The molecule has 2 amide bonds. The van der Waals surface area contributed by atoms with Crippen LogP contribution < -0.4 is 20.1 Å². The molecule has 0 saturated heterocycles. The molecule has 2 aromatic rings. The highest BCUT2D eigenvalue weighted by Gasteiger charge is 2.24. The number of nitrogens with zero attached hydrogens (tertiary/aromatic N) is 1. The zero-order chi connectivity index (χ0) is 19.3. The van der Waals surface area contributed by atoms with E-state index in [1.54, 1.807) is 24.3 Å². The predicted molar refractivity (Wildman–Crippen MR) is 94.9 cm³/mol. The van der Waals surface area contributed by atoms with Gasteiger partial charge in [0.25, 0.3) is 11.6 Å². The van der Waals surface area contributed by atoms with Crippen molar-refractivity contribution in [3.05, 3.63) is 52.1 Å². The van der Waals surface area contributed by atoms with Gasteiger partial charge >= 0.3 is 0 Å². The zero-order valence-electron chi connectivity index (χ0n) is 14.4. The average molecular weight is 359 g/mol. The van der Waals surface area contributed by atoms with Crippen LogP contribution in [0.1, 0.15) is 17.3 Å². The number of anilines is 2. The minimum absolute atomic E-state index is 0.149. The second-order valence-corrected chi connectivity index (χ2v) is 5.19. The van der Waals surface area contributed by atoms with Crippen molar-refractivity contribution in [3.8, 4) is 11.5 Å². The van der Waals surface area contributed by atoms with Crippen molar-refractivity contribution in [2.75, 3.05) is 24.9 Å². The number of nitrogens with one attached hydrogen (secondary N) is 2. The molecule has 26 heavy (non-hydrogen) atoms. The van der Waals surface area contributed by atoms with Crippen molar-refractivity contribution in [1.29, 1.82) is 0 Å². The van der Waals surface area contributed by atoms with E-state index in [0.717, 1.165) is 6.07 Å². The first-order valence-electron chi connectivity index (χ1n) is 7.45. The number of nitro benzene ring substituents is 1. The molecule has 0 aliphatic rings. The summed E-state index contributed by atoms with van der Waals surface area (Å²) < 4.78 is 10.1. The number of methoxy groups -OCH3 is 2. The maximum atomic E-state index is 12.5. The summed E-state index contributed by atoms with van der Waals surface area (Å²) in [7, 11) is 2.71. The van der Waals surface area contributed by atoms with Gasteiger partial charge < -0.3 is 20.1 Å². The third-order valence-corrected chi connectivity index (χ3v) is 3.41. The van der Waals surface area contributed by atoms with Gasteiger partial charge in [-0.2, -0.15) is 0 Å². The lowest BCUT2D eigenvalue weighted by Gasteiger charge is -2.11. The number of ether oxygens (including phenoxy) is 2. The summed E-state index contributed by atoms with van der Waals surface area (Å²) in [6.07, 6.45) is 0. The van der Waals surface area contributed by atoms with Crippen LogP contribution in [-0.4, -0.2) is 31.0 Å². The van der Waals surface area contributed by atoms with Gasteiger partial charge in [0.1, 0.15) is 5.56 Å². The largest absolute Gasteiger partial charge is 0.493 e. The number of benzene rings is 2. The summed E-state index contributed by atoms with van der Waals surface area (Å²) >= 11 is 0. The van der Waals surface area contributed by atoms with Crippen LogP contribution in [0.5, 0.6) is 11.5 Å². The Hall–Kier alpha value is -3.62. The molecule has 9 heteroatoms. The molecular formula is C17H17N3O6. The van der Waals surface area contributed by atoms with E-state index >= 15 is 0 Å². The van der Waals surface area contributed by atoms with Crippen LogP contribution in [0, 0.1) is 10.1 Å². The quantitative estimate of drug-likeness (QED) is 0.604. The Labute approximate surface area is 149 Å². The highest BCUT2D eigenvalue weighted by atomic mass is 16.6. The number of hydrogen-bond acceptors (Lipinski definition) is 6. The number of rotatable bonds is 6. The smallest absolute Gasteiger partial charge is 0.286 e. The van der Waals surface area contributed by atoms with Crippen molar-refractivity contribution in [1.82, 2.24) is 0 Å². The van der Waals surface area contributed by atoms with Gasteiger partial charge in [-0.25, -0.2) is 0 Å². The molecule has 0 aliphatic heterocycles. The molecule has 0 aliphatic carbocycles. The molecule has 0 radical (unpaired) electrons. The minimum atomic E-state index is -0.676. The Kier molecular flexibility index (Phi) is 5.74. The van der Waals surface area contributed by atoms with E-state index in [1.165, 1.54) is 27.2 Å². The van der Waals surface area contributed by atoms with Crippen molar-refractivity contribution in [3.63, 3.8) is 0 Å². The van der Waals surface area contributed by atoms with Gasteiger partial charge in [-0.3, -0.25) is 19.7 Å². The fraction of sp³-hybridized carbons (Fsp3) is 0.176. The molecule has 0 heterocycles. The van der Waals surface area contributed by atoms with Gasteiger partial charge in [-0.05, 0) is 24.3 Å². The minimum Gasteiger partial charge on any atom is -0.493 e. The number of hydrogen-bond donors (Lipinski definition) is 2. The molecule has 0 fully saturated rings. The van der Waals surface area contributed by atoms with Gasteiger partial charge in [-0.15, -0.1) is 0 Å². The Balaban J connectivity index is 2.31. The molecule has 0 unspecified atom stereocenters. The van der Waals surface area contributed by atoms with Gasteiger partial charge in [0, 0.05) is 24.4 Å². The van der Waals surface area contributed by atoms with Crippen molar-refractivity contribution >= 4 is 28.9 Å². The van der Waals surface area contributed by atoms with Crippen molar-refractivity contribution < 1.29 is 24.0 Å². The second-order valence-electron chi connectivity index (χ2n) is 5.19. The van der Waals surface area contributed by atoms with Gasteiger partial charge in [0.15, 0.2) is 11.5 Å². The molecular weight excluding hydrogens is 342 g/mol. The summed E-state index contributed by atoms with van der Waals surface area (Å²) in [5.74, 6) is -0.549. The number of amides is 2. The molecule has 0 spiro atoms. The van der Waals surface area contributed by atoms with Crippen LogP contribution in [0.15, 0.2) is 36.4 Å². The van der Waals surface area contributed by atoms with Crippen LogP contribution in [0.3, 0.4) is 0 Å². The molecule has 2 aromatic carbocycles. The monoisotopic (exact) mass is 359 g/mol. The Morgan fingerprint density at radius 2 is 1.46 bits per heavy atom. The first-order valence-corrected chi connectivity index (χ1v) is 7.45. The van der Waals surface area contributed by atoms with E-state index in [1.807, 2.05) is 0 Å². The summed E-state index contributed by atoms with van der Waals surface area (Å²) in [6.45, 7) is 1.38. The molecule has 136 valence electrons. The van der Waals surface area contributed by atoms with Crippen LogP contribution in [0.4, 0.5) is 17.1 Å². The number of nitro groups is 1.